The van der Waals surface area contributed by atoms with Gasteiger partial charge in [-0.2, -0.15) is 4.98 Å². The number of ether oxygens (including phenoxy) is 1. The Balaban J connectivity index is 2.25. The molecule has 1 aromatic heterocycles. The Morgan fingerprint density at radius 2 is 1.90 bits per heavy atom. The van der Waals surface area contributed by atoms with E-state index in [4.69, 9.17) is 4.74 Å². The van der Waals surface area contributed by atoms with Crippen LogP contribution in [0.1, 0.15) is 6.92 Å². The van der Waals surface area contributed by atoms with Gasteiger partial charge < -0.3 is 10.1 Å². The number of nitrogens with one attached hydrogen (secondary N) is 1. The highest BCUT2D eigenvalue weighted by atomic mass is 32.2. The minimum atomic E-state index is -0.835. The van der Waals surface area contributed by atoms with Gasteiger partial charge in [0, 0.05) is 17.5 Å². The van der Waals surface area contributed by atoms with Crippen LogP contribution in [0.5, 0.6) is 11.6 Å². The molecule has 20 heavy (non-hydrogen) atoms. The van der Waals surface area contributed by atoms with Gasteiger partial charge in [0.1, 0.15) is 5.75 Å². The highest BCUT2D eigenvalue weighted by molar-refractivity contribution is 7.98. The summed E-state index contributed by atoms with van der Waals surface area (Å²) in [6, 6.07) is 7.89. The lowest BCUT2D eigenvalue weighted by Crippen LogP contribution is -2.04. The largest absolute Gasteiger partial charge is 0.436 e. The van der Waals surface area contributed by atoms with Crippen LogP contribution in [0.3, 0.4) is 0 Å². The van der Waals surface area contributed by atoms with Gasteiger partial charge in [-0.15, -0.1) is 11.8 Å². The van der Waals surface area contributed by atoms with Gasteiger partial charge in [-0.05, 0) is 37.4 Å². The normalized spacial score (nSPS) is 10.4. The molecule has 0 atom stereocenters. The van der Waals surface area contributed by atoms with E-state index < -0.39 is 11.6 Å². The summed E-state index contributed by atoms with van der Waals surface area (Å²) >= 11 is 1.59. The maximum atomic E-state index is 13.6. The number of halogens is 2. The first-order valence-corrected chi connectivity index (χ1v) is 7.28. The molecule has 0 aliphatic heterocycles. The average Bonchev–Trinajstić information content (AvgIpc) is 2.45. The van der Waals surface area contributed by atoms with Gasteiger partial charge in [-0.25, -0.2) is 8.78 Å². The number of hydrogen-bond donors (Lipinski definition) is 1. The molecule has 0 aliphatic carbocycles. The van der Waals surface area contributed by atoms with Crippen molar-refractivity contribution < 1.29 is 13.5 Å². The second-order valence-corrected chi connectivity index (χ2v) is 4.79. The number of anilines is 1. The van der Waals surface area contributed by atoms with Crippen LogP contribution in [0.15, 0.2) is 35.2 Å². The number of rotatable bonds is 5. The summed E-state index contributed by atoms with van der Waals surface area (Å²) < 4.78 is 32.4. The van der Waals surface area contributed by atoms with E-state index in [2.05, 4.69) is 10.3 Å². The van der Waals surface area contributed by atoms with Crippen LogP contribution in [0, 0.1) is 11.6 Å². The maximum absolute atomic E-state index is 13.6. The summed E-state index contributed by atoms with van der Waals surface area (Å²) in [6.45, 7) is 2.28. The molecule has 0 unspecified atom stereocenters. The smallest absolute Gasteiger partial charge is 0.258 e. The van der Waals surface area contributed by atoms with E-state index in [9.17, 15) is 8.78 Å². The highest BCUT2D eigenvalue weighted by Gasteiger charge is 2.13. The third-order valence-corrected chi connectivity index (χ3v) is 3.26. The van der Waals surface area contributed by atoms with Crippen molar-refractivity contribution in [1.29, 1.82) is 0 Å². The molecule has 0 saturated carbocycles. The van der Waals surface area contributed by atoms with Crippen LogP contribution in [0.25, 0.3) is 0 Å². The van der Waals surface area contributed by atoms with Gasteiger partial charge in [0.25, 0.3) is 5.88 Å². The zero-order valence-corrected chi connectivity index (χ0v) is 11.9. The van der Waals surface area contributed by atoms with Crippen molar-refractivity contribution in [3.8, 4) is 11.6 Å². The van der Waals surface area contributed by atoms with E-state index in [1.165, 1.54) is 0 Å². The van der Waals surface area contributed by atoms with Crippen LogP contribution in [0.2, 0.25) is 0 Å². The lowest BCUT2D eigenvalue weighted by molar-refractivity contribution is 0.418. The van der Waals surface area contributed by atoms with Crippen molar-refractivity contribution in [2.45, 2.75) is 11.8 Å². The van der Waals surface area contributed by atoms with Crippen molar-refractivity contribution in [1.82, 2.24) is 4.98 Å². The van der Waals surface area contributed by atoms with Gasteiger partial charge in [-0.1, -0.05) is 0 Å². The monoisotopic (exact) mass is 296 g/mol. The minimum absolute atomic E-state index is 0.0235. The molecule has 0 bridgehead atoms. The molecule has 0 spiro atoms. The molecule has 0 amide bonds. The van der Waals surface area contributed by atoms with Crippen LogP contribution >= 0.6 is 11.8 Å². The Hall–Kier alpha value is -1.82. The second-order valence-electron chi connectivity index (χ2n) is 3.91. The number of benzene rings is 1. The molecular weight excluding hydrogens is 282 g/mol. The van der Waals surface area contributed by atoms with E-state index in [0.717, 1.165) is 11.0 Å². The zero-order valence-electron chi connectivity index (χ0n) is 11.1. The Labute approximate surface area is 120 Å². The highest BCUT2D eigenvalue weighted by Crippen LogP contribution is 2.27. The minimum Gasteiger partial charge on any atom is -0.436 e. The van der Waals surface area contributed by atoms with Gasteiger partial charge >= 0.3 is 0 Å². The van der Waals surface area contributed by atoms with Crippen molar-refractivity contribution in [2.75, 3.05) is 18.1 Å². The van der Waals surface area contributed by atoms with Crippen LogP contribution in [0.4, 0.5) is 14.6 Å². The summed E-state index contributed by atoms with van der Waals surface area (Å²) in [4.78, 5) is 4.88. The molecular formula is C14H14F2N2OS. The topological polar surface area (TPSA) is 34.2 Å². The SMILES string of the molecule is CCNc1nc(Oc2ccc(SC)cc2)c(F)cc1F. The fourth-order valence-electron chi connectivity index (χ4n) is 1.57. The van der Waals surface area contributed by atoms with Crippen molar-refractivity contribution >= 4 is 17.6 Å². The predicted molar refractivity (Wildman–Crippen MR) is 76.6 cm³/mol. The van der Waals surface area contributed by atoms with E-state index in [0.29, 0.717) is 12.3 Å². The number of aromatic nitrogens is 1. The Bertz CT molecular complexity index is 590. The maximum Gasteiger partial charge on any atom is 0.258 e. The molecule has 1 heterocycles. The van der Waals surface area contributed by atoms with Gasteiger partial charge in [0.15, 0.2) is 17.5 Å². The number of hydrogen-bond acceptors (Lipinski definition) is 4. The first-order valence-electron chi connectivity index (χ1n) is 6.06. The fourth-order valence-corrected chi connectivity index (χ4v) is 1.98. The first-order chi connectivity index (χ1) is 9.63. The molecule has 3 nitrogen and oxygen atoms in total. The van der Waals surface area contributed by atoms with Gasteiger partial charge in [-0.3, -0.25) is 0 Å². The van der Waals surface area contributed by atoms with Gasteiger partial charge in [0.05, 0.1) is 0 Å². The van der Waals surface area contributed by atoms with E-state index in [1.54, 1.807) is 30.8 Å². The molecule has 1 aromatic carbocycles. The van der Waals surface area contributed by atoms with Crippen LogP contribution in [-0.4, -0.2) is 17.8 Å². The molecule has 2 aromatic rings. The predicted octanol–water partition coefficient (Wildman–Crippen LogP) is 4.31. The fraction of sp³-hybridized carbons (Fsp3) is 0.214. The molecule has 1 N–H and O–H groups in total. The zero-order chi connectivity index (χ0) is 14.5. The molecule has 6 heteroatoms. The molecule has 0 radical (unpaired) electrons. The van der Waals surface area contributed by atoms with E-state index >= 15 is 0 Å². The Morgan fingerprint density at radius 3 is 2.50 bits per heavy atom. The van der Waals surface area contributed by atoms with Crippen molar-refractivity contribution in [2.24, 2.45) is 0 Å². The summed E-state index contributed by atoms with van der Waals surface area (Å²) in [5.74, 6) is -1.40. The standard InChI is InChI=1S/C14H14F2N2OS/c1-3-17-13-11(15)8-12(16)14(18-13)19-9-4-6-10(20-2)7-5-9/h4-8H,3H2,1-2H3,(H,17,18). The lowest BCUT2D eigenvalue weighted by atomic mass is 10.3. The Kier molecular flexibility index (Phi) is 4.79. The third kappa shape index (κ3) is 3.39. The number of nitrogens with zero attached hydrogens (tertiary/aromatic N) is 1. The molecule has 2 rings (SSSR count). The molecule has 106 valence electrons. The number of pyridine rings is 1. The second kappa shape index (κ2) is 6.56. The van der Waals surface area contributed by atoms with Crippen molar-refractivity contribution in [3.63, 3.8) is 0 Å². The Morgan fingerprint density at radius 1 is 1.20 bits per heavy atom. The first kappa shape index (κ1) is 14.6. The lowest BCUT2D eigenvalue weighted by Gasteiger charge is -2.09. The van der Waals surface area contributed by atoms with E-state index in [-0.39, 0.29) is 11.7 Å². The quantitative estimate of drug-likeness (QED) is 0.834. The van der Waals surface area contributed by atoms with Gasteiger partial charge in [0.2, 0.25) is 0 Å². The summed E-state index contributed by atoms with van der Waals surface area (Å²) in [5, 5.41) is 2.71. The van der Waals surface area contributed by atoms with E-state index in [1.807, 2.05) is 18.4 Å². The average molecular weight is 296 g/mol. The number of thioether (sulfide) groups is 1. The summed E-state index contributed by atoms with van der Waals surface area (Å²) in [7, 11) is 0. The summed E-state index contributed by atoms with van der Waals surface area (Å²) in [6.07, 6.45) is 1.96. The summed E-state index contributed by atoms with van der Waals surface area (Å²) in [5.41, 5.74) is 0. The molecule has 0 aliphatic rings. The molecule has 0 fully saturated rings. The third-order valence-electron chi connectivity index (χ3n) is 2.52. The van der Waals surface area contributed by atoms with Crippen LogP contribution < -0.4 is 10.1 Å². The van der Waals surface area contributed by atoms with Crippen LogP contribution in [-0.2, 0) is 0 Å². The molecule has 0 saturated heterocycles. The van der Waals surface area contributed by atoms with Crippen molar-refractivity contribution in [3.05, 3.63) is 42.0 Å².